The first-order valence-corrected chi connectivity index (χ1v) is 17.4. The monoisotopic (exact) mass is 666 g/mol. The number of furan rings is 1. The van der Waals surface area contributed by atoms with Crippen LogP contribution in [0.4, 0.5) is 0 Å². The lowest BCUT2D eigenvalue weighted by Crippen LogP contribution is -1.98. The van der Waals surface area contributed by atoms with Crippen LogP contribution in [0.2, 0.25) is 0 Å². The fraction of sp³-hybridized carbons (Fsp3) is 0. The Morgan fingerprint density at radius 1 is 0.404 bits per heavy atom. The molecule has 0 amide bonds. The molecule has 3 aromatic heterocycles. The maximum atomic E-state index is 6.60. The van der Waals surface area contributed by atoms with E-state index in [1.807, 2.05) is 60.7 Å². The van der Waals surface area contributed by atoms with Crippen molar-refractivity contribution in [3.8, 4) is 62.1 Å². The smallest absolute Gasteiger partial charge is 0.160 e. The van der Waals surface area contributed by atoms with Crippen molar-refractivity contribution >= 4 is 33.0 Å². The van der Waals surface area contributed by atoms with E-state index in [1.54, 1.807) is 0 Å². The molecule has 5 heteroatoms. The first-order chi connectivity index (χ1) is 25.8. The van der Waals surface area contributed by atoms with Crippen LogP contribution in [0, 0.1) is 0 Å². The molecule has 3 heterocycles. The number of benzene rings is 7. The molecule has 10 aromatic rings. The van der Waals surface area contributed by atoms with E-state index in [0.717, 1.165) is 83.7 Å². The molecule has 0 saturated heterocycles. The number of nitrogens with zero attached hydrogens (tertiary/aromatic N) is 4. The van der Waals surface area contributed by atoms with Gasteiger partial charge in [-0.05, 0) is 53.6 Å². The van der Waals surface area contributed by atoms with Crippen molar-refractivity contribution in [2.24, 2.45) is 0 Å². The van der Waals surface area contributed by atoms with Crippen LogP contribution in [-0.4, -0.2) is 19.5 Å². The van der Waals surface area contributed by atoms with E-state index in [0.29, 0.717) is 5.82 Å². The molecule has 0 fully saturated rings. The van der Waals surface area contributed by atoms with E-state index in [2.05, 4.69) is 126 Å². The fourth-order valence-corrected chi connectivity index (χ4v) is 7.22. The first kappa shape index (κ1) is 29.8. The highest BCUT2D eigenvalue weighted by Gasteiger charge is 2.22. The third kappa shape index (κ3) is 5.07. The Hall–Kier alpha value is -7.11. The van der Waals surface area contributed by atoms with E-state index in [1.165, 1.54) is 5.56 Å². The zero-order valence-electron chi connectivity index (χ0n) is 28.0. The Kier molecular flexibility index (Phi) is 7.07. The molecule has 0 radical (unpaired) electrons. The predicted octanol–water partition coefficient (Wildman–Crippen LogP) is 12.0. The van der Waals surface area contributed by atoms with Crippen molar-refractivity contribution in [2.75, 3.05) is 0 Å². The molecule has 5 nitrogen and oxygen atoms in total. The molecular formula is C47H30N4O. The molecule has 7 aromatic carbocycles. The van der Waals surface area contributed by atoms with Gasteiger partial charge >= 0.3 is 0 Å². The van der Waals surface area contributed by atoms with Gasteiger partial charge in [-0.15, -0.1) is 0 Å². The lowest BCUT2D eigenvalue weighted by molar-refractivity contribution is 0.669. The number of fused-ring (bicyclic) bond motifs is 4. The van der Waals surface area contributed by atoms with Gasteiger partial charge in [0.25, 0.3) is 0 Å². The Balaban J connectivity index is 1.21. The predicted molar refractivity (Wildman–Crippen MR) is 211 cm³/mol. The molecule has 10 rings (SSSR count). The van der Waals surface area contributed by atoms with E-state index < -0.39 is 0 Å². The Bertz CT molecular complexity index is 2880. The summed E-state index contributed by atoms with van der Waals surface area (Å²) in [5.74, 6) is 1.51. The van der Waals surface area contributed by atoms with Crippen LogP contribution in [0.15, 0.2) is 186 Å². The summed E-state index contributed by atoms with van der Waals surface area (Å²) >= 11 is 0. The molecule has 52 heavy (non-hydrogen) atoms. The highest BCUT2D eigenvalue weighted by molar-refractivity contribution is 6.17. The van der Waals surface area contributed by atoms with Crippen LogP contribution >= 0.6 is 0 Å². The topological polar surface area (TPSA) is 56.7 Å². The molecule has 0 aliphatic rings. The van der Waals surface area contributed by atoms with E-state index >= 15 is 0 Å². The minimum absolute atomic E-state index is 0.663. The minimum atomic E-state index is 0.663. The van der Waals surface area contributed by atoms with E-state index in [4.69, 9.17) is 19.4 Å². The van der Waals surface area contributed by atoms with Crippen molar-refractivity contribution < 1.29 is 4.42 Å². The number of hydrogen-bond donors (Lipinski definition) is 0. The number of hydrogen-bond acceptors (Lipinski definition) is 4. The molecule has 0 aliphatic carbocycles. The first-order valence-electron chi connectivity index (χ1n) is 17.4. The summed E-state index contributed by atoms with van der Waals surface area (Å²) in [7, 11) is 0. The normalized spacial score (nSPS) is 11.5. The molecule has 0 atom stereocenters. The van der Waals surface area contributed by atoms with E-state index in [9.17, 15) is 0 Å². The second kappa shape index (κ2) is 12.3. The van der Waals surface area contributed by atoms with Gasteiger partial charge in [-0.3, -0.25) is 4.57 Å². The number of aromatic nitrogens is 4. The van der Waals surface area contributed by atoms with Crippen LogP contribution in [0.5, 0.6) is 0 Å². The highest BCUT2D eigenvalue weighted by Crippen LogP contribution is 2.43. The maximum absolute atomic E-state index is 6.60. The lowest BCUT2D eigenvalue weighted by atomic mass is 9.98. The third-order valence-corrected chi connectivity index (χ3v) is 9.66. The van der Waals surface area contributed by atoms with Gasteiger partial charge in [-0.1, -0.05) is 140 Å². The Morgan fingerprint density at radius 2 is 0.962 bits per heavy atom. The van der Waals surface area contributed by atoms with Crippen molar-refractivity contribution in [3.05, 3.63) is 182 Å². The second-order valence-corrected chi connectivity index (χ2v) is 12.8. The number of imidazole rings is 1. The largest absolute Gasteiger partial charge is 0.456 e. The maximum Gasteiger partial charge on any atom is 0.160 e. The van der Waals surface area contributed by atoms with E-state index in [-0.39, 0.29) is 0 Å². The minimum Gasteiger partial charge on any atom is -0.456 e. The van der Waals surface area contributed by atoms with Crippen LogP contribution in [0.3, 0.4) is 0 Å². The van der Waals surface area contributed by atoms with Crippen molar-refractivity contribution in [1.29, 1.82) is 0 Å². The van der Waals surface area contributed by atoms with Gasteiger partial charge in [0.1, 0.15) is 17.0 Å². The van der Waals surface area contributed by atoms with Gasteiger partial charge in [0.2, 0.25) is 0 Å². The van der Waals surface area contributed by atoms with Crippen LogP contribution in [0.1, 0.15) is 0 Å². The number of para-hydroxylation sites is 3. The standard InChI is InChI=1S/C47H30N4O/c1-4-14-31(15-5-1)32-26-28-33(29-27-32)39-30-40(49-46(48-39)34-16-6-2-7-17-34)36-20-12-24-42-44(36)45-37(21-13-25-43(45)52-42)47-50-38-22-10-11-23-41(38)51(47)35-18-8-3-9-19-35/h1-30H. The zero-order chi connectivity index (χ0) is 34.4. The number of rotatable bonds is 6. The molecular weight excluding hydrogens is 637 g/mol. The SMILES string of the molecule is c1ccc(-c2ccc(-c3cc(-c4cccc5oc6cccc(-c7nc8ccccc8n7-c7ccccc7)c6c45)nc(-c4ccccc4)n3)cc2)cc1. The molecule has 0 saturated carbocycles. The summed E-state index contributed by atoms with van der Waals surface area (Å²) in [5, 5.41) is 1.98. The third-order valence-electron chi connectivity index (χ3n) is 9.66. The molecule has 0 spiro atoms. The highest BCUT2D eigenvalue weighted by atomic mass is 16.3. The quantitative estimate of drug-likeness (QED) is 0.177. The van der Waals surface area contributed by atoms with Crippen molar-refractivity contribution in [2.45, 2.75) is 0 Å². The summed E-state index contributed by atoms with van der Waals surface area (Å²) in [6.45, 7) is 0. The second-order valence-electron chi connectivity index (χ2n) is 12.8. The summed E-state index contributed by atoms with van der Waals surface area (Å²) in [6, 6.07) is 62.4. The molecule has 0 unspecified atom stereocenters. The Morgan fingerprint density at radius 3 is 1.69 bits per heavy atom. The summed E-state index contributed by atoms with van der Waals surface area (Å²) in [6.07, 6.45) is 0. The molecule has 244 valence electrons. The van der Waals surface area contributed by atoms with Gasteiger partial charge in [0, 0.05) is 38.7 Å². The average molecular weight is 667 g/mol. The summed E-state index contributed by atoms with van der Waals surface area (Å²) < 4.78 is 8.84. The zero-order valence-corrected chi connectivity index (χ0v) is 28.0. The molecule has 0 N–H and O–H groups in total. The van der Waals surface area contributed by atoms with Crippen LogP contribution in [-0.2, 0) is 0 Å². The van der Waals surface area contributed by atoms with Gasteiger partial charge in [0.05, 0.1) is 22.4 Å². The van der Waals surface area contributed by atoms with Gasteiger partial charge < -0.3 is 4.42 Å². The average Bonchev–Trinajstić information content (AvgIpc) is 3.81. The lowest BCUT2D eigenvalue weighted by Gasteiger charge is -2.12. The fourth-order valence-electron chi connectivity index (χ4n) is 7.22. The summed E-state index contributed by atoms with van der Waals surface area (Å²) in [5.41, 5.74) is 12.5. The van der Waals surface area contributed by atoms with Crippen LogP contribution in [0.25, 0.3) is 95.1 Å². The molecule has 0 aliphatic heterocycles. The van der Waals surface area contributed by atoms with Gasteiger partial charge in [-0.25, -0.2) is 15.0 Å². The Labute approximate surface area is 300 Å². The van der Waals surface area contributed by atoms with Crippen LogP contribution < -0.4 is 0 Å². The van der Waals surface area contributed by atoms with Gasteiger partial charge in [-0.2, -0.15) is 0 Å². The van der Waals surface area contributed by atoms with Gasteiger partial charge in [0.15, 0.2) is 5.82 Å². The van der Waals surface area contributed by atoms with Crippen molar-refractivity contribution in [3.63, 3.8) is 0 Å². The van der Waals surface area contributed by atoms with Crippen molar-refractivity contribution in [1.82, 2.24) is 19.5 Å². The molecule has 0 bridgehead atoms. The summed E-state index contributed by atoms with van der Waals surface area (Å²) in [4.78, 5) is 15.6.